The van der Waals surface area contributed by atoms with Crippen LogP contribution in [0.4, 0.5) is 0 Å². The molecule has 1 aliphatic rings. The van der Waals surface area contributed by atoms with E-state index < -0.39 is 0 Å². The minimum absolute atomic E-state index is 0.720. The summed E-state index contributed by atoms with van der Waals surface area (Å²) in [7, 11) is 0. The lowest BCUT2D eigenvalue weighted by atomic mass is 10.1. The third kappa shape index (κ3) is 5.25. The first-order chi connectivity index (χ1) is 9.31. The highest BCUT2D eigenvalue weighted by Crippen LogP contribution is 2.31. The van der Waals surface area contributed by atoms with E-state index in [2.05, 4.69) is 41.6 Å². The van der Waals surface area contributed by atoms with E-state index in [0.717, 1.165) is 25.2 Å². The van der Waals surface area contributed by atoms with Gasteiger partial charge < -0.3 is 5.32 Å². The van der Waals surface area contributed by atoms with Gasteiger partial charge in [-0.25, -0.2) is 0 Å². The fourth-order valence-electron chi connectivity index (χ4n) is 2.62. The van der Waals surface area contributed by atoms with Crippen molar-refractivity contribution in [3.05, 3.63) is 22.4 Å². The Morgan fingerprint density at radius 2 is 2.26 bits per heavy atom. The molecule has 19 heavy (non-hydrogen) atoms. The Morgan fingerprint density at radius 1 is 1.42 bits per heavy atom. The van der Waals surface area contributed by atoms with Crippen LogP contribution in [0.2, 0.25) is 0 Å². The van der Waals surface area contributed by atoms with E-state index in [1.54, 1.807) is 0 Å². The van der Waals surface area contributed by atoms with E-state index in [-0.39, 0.29) is 0 Å². The summed E-state index contributed by atoms with van der Waals surface area (Å²) >= 11 is 1.89. The zero-order valence-corrected chi connectivity index (χ0v) is 13.2. The Bertz CT molecular complexity index is 333. The Balaban J connectivity index is 1.72. The molecule has 1 aromatic heterocycles. The maximum Gasteiger partial charge on any atom is 0.0333 e. The van der Waals surface area contributed by atoms with Crippen molar-refractivity contribution in [2.24, 2.45) is 0 Å². The number of hydrogen-bond donors (Lipinski definition) is 1. The summed E-state index contributed by atoms with van der Waals surface area (Å²) in [5.74, 6) is 0. The van der Waals surface area contributed by atoms with Gasteiger partial charge in [-0.1, -0.05) is 13.0 Å². The molecule has 1 saturated carbocycles. The lowest BCUT2D eigenvalue weighted by Crippen LogP contribution is -2.34. The highest BCUT2D eigenvalue weighted by atomic mass is 32.1. The Labute approximate surface area is 122 Å². The number of nitrogens with one attached hydrogen (secondary N) is 1. The van der Waals surface area contributed by atoms with Crippen LogP contribution in [0.5, 0.6) is 0 Å². The molecule has 1 aliphatic carbocycles. The molecule has 0 amide bonds. The SMILES string of the molecule is CCCNCCCC(C)N(Cc1cccs1)C1CC1. The van der Waals surface area contributed by atoms with Crippen LogP contribution in [-0.2, 0) is 6.54 Å². The van der Waals surface area contributed by atoms with Gasteiger partial charge in [0.1, 0.15) is 0 Å². The highest BCUT2D eigenvalue weighted by Gasteiger charge is 2.31. The topological polar surface area (TPSA) is 15.3 Å². The van der Waals surface area contributed by atoms with Crippen molar-refractivity contribution in [1.29, 1.82) is 0 Å². The van der Waals surface area contributed by atoms with Crippen molar-refractivity contribution in [3.8, 4) is 0 Å². The third-order valence-corrected chi connectivity index (χ3v) is 4.76. The zero-order valence-electron chi connectivity index (χ0n) is 12.4. The average molecular weight is 280 g/mol. The molecular weight excluding hydrogens is 252 g/mol. The van der Waals surface area contributed by atoms with Crippen molar-refractivity contribution in [1.82, 2.24) is 10.2 Å². The standard InChI is InChI=1S/C16H28N2S/c1-3-10-17-11-4-6-14(2)18(15-8-9-15)13-16-7-5-12-19-16/h5,7,12,14-15,17H,3-4,6,8-11,13H2,1-2H3. The molecule has 1 N–H and O–H groups in total. The summed E-state index contributed by atoms with van der Waals surface area (Å²) in [5, 5.41) is 5.70. The molecule has 2 nitrogen and oxygen atoms in total. The van der Waals surface area contributed by atoms with Gasteiger partial charge >= 0.3 is 0 Å². The molecule has 0 bridgehead atoms. The molecule has 3 heteroatoms. The Morgan fingerprint density at radius 3 is 2.89 bits per heavy atom. The van der Waals surface area contributed by atoms with Gasteiger partial charge in [-0.15, -0.1) is 11.3 Å². The largest absolute Gasteiger partial charge is 0.317 e. The number of thiophene rings is 1. The summed E-state index contributed by atoms with van der Waals surface area (Å²) in [5.41, 5.74) is 0. The van der Waals surface area contributed by atoms with Crippen molar-refractivity contribution in [2.45, 2.75) is 64.6 Å². The van der Waals surface area contributed by atoms with Gasteiger partial charge in [0.2, 0.25) is 0 Å². The molecule has 0 aromatic carbocycles. The molecule has 1 fully saturated rings. The van der Waals surface area contributed by atoms with Crippen LogP contribution < -0.4 is 5.32 Å². The minimum atomic E-state index is 0.720. The lowest BCUT2D eigenvalue weighted by Gasteiger charge is -2.28. The molecule has 1 heterocycles. The van der Waals surface area contributed by atoms with Crippen LogP contribution in [0.15, 0.2) is 17.5 Å². The van der Waals surface area contributed by atoms with Gasteiger partial charge in [-0.2, -0.15) is 0 Å². The second-order valence-electron chi connectivity index (χ2n) is 5.72. The van der Waals surface area contributed by atoms with Gasteiger partial charge in [0.25, 0.3) is 0 Å². The second-order valence-corrected chi connectivity index (χ2v) is 6.76. The van der Waals surface area contributed by atoms with Gasteiger partial charge in [-0.3, -0.25) is 4.90 Å². The number of rotatable bonds is 10. The first-order valence-corrected chi connectivity index (χ1v) is 8.68. The van der Waals surface area contributed by atoms with Crippen LogP contribution in [0, 0.1) is 0 Å². The zero-order chi connectivity index (χ0) is 13.5. The van der Waals surface area contributed by atoms with Crippen molar-refractivity contribution in [2.75, 3.05) is 13.1 Å². The fraction of sp³-hybridized carbons (Fsp3) is 0.750. The number of hydrogen-bond acceptors (Lipinski definition) is 3. The van der Waals surface area contributed by atoms with E-state index in [4.69, 9.17) is 0 Å². The average Bonchev–Trinajstić information content (AvgIpc) is 3.12. The predicted molar refractivity (Wildman–Crippen MR) is 84.7 cm³/mol. The van der Waals surface area contributed by atoms with Crippen molar-refractivity contribution in [3.63, 3.8) is 0 Å². The quantitative estimate of drug-likeness (QED) is 0.654. The smallest absolute Gasteiger partial charge is 0.0333 e. The second kappa shape index (κ2) is 8.03. The van der Waals surface area contributed by atoms with Gasteiger partial charge in [0.05, 0.1) is 0 Å². The summed E-state index contributed by atoms with van der Waals surface area (Å²) in [6.45, 7) is 8.13. The molecule has 2 rings (SSSR count). The summed E-state index contributed by atoms with van der Waals surface area (Å²) in [6.07, 6.45) is 6.67. The first-order valence-electron chi connectivity index (χ1n) is 7.80. The lowest BCUT2D eigenvalue weighted by molar-refractivity contribution is 0.180. The molecule has 1 aromatic rings. The van der Waals surface area contributed by atoms with Gasteiger partial charge in [-0.05, 0) is 63.6 Å². The fourth-order valence-corrected chi connectivity index (χ4v) is 3.34. The van der Waals surface area contributed by atoms with E-state index >= 15 is 0 Å². The predicted octanol–water partition coefficient (Wildman–Crippen LogP) is 3.88. The first kappa shape index (κ1) is 15.0. The Kier molecular flexibility index (Phi) is 6.35. The molecule has 1 atom stereocenters. The van der Waals surface area contributed by atoms with Crippen LogP contribution in [0.25, 0.3) is 0 Å². The van der Waals surface area contributed by atoms with Gasteiger partial charge in [0, 0.05) is 23.5 Å². The van der Waals surface area contributed by atoms with E-state index in [1.807, 2.05) is 11.3 Å². The van der Waals surface area contributed by atoms with Gasteiger partial charge in [0.15, 0.2) is 0 Å². The normalized spacial score (nSPS) is 17.0. The monoisotopic (exact) mass is 280 g/mol. The molecule has 0 radical (unpaired) electrons. The molecule has 0 spiro atoms. The maximum absolute atomic E-state index is 3.50. The highest BCUT2D eigenvalue weighted by molar-refractivity contribution is 7.09. The number of nitrogens with zero attached hydrogens (tertiary/aromatic N) is 1. The van der Waals surface area contributed by atoms with E-state index in [1.165, 1.54) is 43.5 Å². The van der Waals surface area contributed by atoms with Crippen molar-refractivity contribution < 1.29 is 0 Å². The molecular formula is C16H28N2S. The molecule has 0 saturated heterocycles. The van der Waals surface area contributed by atoms with E-state index in [9.17, 15) is 0 Å². The van der Waals surface area contributed by atoms with E-state index in [0.29, 0.717) is 0 Å². The summed E-state index contributed by atoms with van der Waals surface area (Å²) < 4.78 is 0. The van der Waals surface area contributed by atoms with Crippen LogP contribution in [0.1, 0.15) is 50.8 Å². The third-order valence-electron chi connectivity index (χ3n) is 3.90. The minimum Gasteiger partial charge on any atom is -0.317 e. The summed E-state index contributed by atoms with van der Waals surface area (Å²) in [6, 6.07) is 6.03. The molecule has 108 valence electrons. The maximum atomic E-state index is 3.50. The molecule has 0 aliphatic heterocycles. The van der Waals surface area contributed by atoms with Crippen molar-refractivity contribution >= 4 is 11.3 Å². The van der Waals surface area contributed by atoms with Crippen LogP contribution in [-0.4, -0.2) is 30.1 Å². The molecule has 1 unspecified atom stereocenters. The van der Waals surface area contributed by atoms with Crippen LogP contribution in [0.3, 0.4) is 0 Å². The summed E-state index contributed by atoms with van der Waals surface area (Å²) in [4.78, 5) is 4.24. The Hall–Kier alpha value is -0.380. The van der Waals surface area contributed by atoms with Crippen LogP contribution >= 0.6 is 11.3 Å².